The largest absolute Gasteiger partial charge is 0.495 e. The lowest BCUT2D eigenvalue weighted by Crippen LogP contribution is -2.26. The molecule has 1 aromatic carbocycles. The lowest BCUT2D eigenvalue weighted by molar-refractivity contribution is 0.0943. The summed E-state index contributed by atoms with van der Waals surface area (Å²) in [6, 6.07) is 6.75. The molecule has 0 radical (unpaired) electrons. The molecule has 1 aromatic heterocycles. The third-order valence-corrected chi connectivity index (χ3v) is 3.37. The Labute approximate surface area is 145 Å². The van der Waals surface area contributed by atoms with Crippen molar-refractivity contribution in [3.05, 3.63) is 41.3 Å². The molecule has 2 rings (SSSR count). The molecule has 24 heavy (non-hydrogen) atoms. The van der Waals surface area contributed by atoms with E-state index in [4.69, 9.17) is 21.1 Å². The van der Waals surface area contributed by atoms with Gasteiger partial charge in [-0.2, -0.15) is 0 Å². The van der Waals surface area contributed by atoms with Crippen LogP contribution in [0.5, 0.6) is 5.75 Å². The van der Waals surface area contributed by atoms with Gasteiger partial charge in [-0.3, -0.25) is 4.79 Å². The predicted molar refractivity (Wildman–Crippen MR) is 92.1 cm³/mol. The van der Waals surface area contributed by atoms with E-state index in [-0.39, 0.29) is 11.6 Å². The normalized spacial score (nSPS) is 10.3. The Hall–Kier alpha value is -2.38. The van der Waals surface area contributed by atoms with Gasteiger partial charge >= 0.3 is 0 Å². The minimum Gasteiger partial charge on any atom is -0.495 e. The summed E-state index contributed by atoms with van der Waals surface area (Å²) in [5.41, 5.74) is 0.918. The lowest BCUT2D eigenvalue weighted by Gasteiger charge is -2.11. The second-order valence-corrected chi connectivity index (χ2v) is 5.30. The Bertz CT molecular complexity index is 697. The van der Waals surface area contributed by atoms with E-state index < -0.39 is 0 Å². The van der Waals surface area contributed by atoms with Crippen molar-refractivity contribution < 1.29 is 14.3 Å². The number of anilines is 2. The number of halogens is 1. The van der Waals surface area contributed by atoms with Gasteiger partial charge in [0.15, 0.2) is 0 Å². The first kappa shape index (κ1) is 18.0. The fraction of sp³-hybridized carbons (Fsp3) is 0.312. The van der Waals surface area contributed by atoms with Crippen molar-refractivity contribution in [3.63, 3.8) is 0 Å². The monoisotopic (exact) mass is 350 g/mol. The fourth-order valence-corrected chi connectivity index (χ4v) is 2.15. The maximum absolute atomic E-state index is 12.1. The molecule has 2 N–H and O–H groups in total. The highest BCUT2D eigenvalue weighted by Gasteiger charge is 2.10. The molecule has 1 amide bonds. The van der Waals surface area contributed by atoms with Crippen LogP contribution in [0.1, 0.15) is 16.9 Å². The molecule has 128 valence electrons. The average Bonchev–Trinajstić information content (AvgIpc) is 2.59. The molecule has 2 aromatic rings. The Morgan fingerprint density at radius 1 is 1.25 bits per heavy atom. The first-order chi connectivity index (χ1) is 11.6. The summed E-state index contributed by atoms with van der Waals surface area (Å²) in [5.74, 6) is 0.811. The van der Waals surface area contributed by atoms with Gasteiger partial charge in [-0.25, -0.2) is 9.97 Å². The minimum absolute atomic E-state index is 0.269. The van der Waals surface area contributed by atoms with Crippen LogP contribution in [0.2, 0.25) is 5.02 Å². The zero-order valence-electron chi connectivity index (χ0n) is 13.5. The van der Waals surface area contributed by atoms with Gasteiger partial charge in [0.2, 0.25) is 0 Å². The van der Waals surface area contributed by atoms with Gasteiger partial charge in [-0.1, -0.05) is 11.6 Å². The number of aromatic nitrogens is 2. The number of nitrogens with zero attached hydrogens (tertiary/aromatic N) is 2. The maximum Gasteiger partial charge on any atom is 0.270 e. The molecular formula is C16H19ClN4O3. The van der Waals surface area contributed by atoms with Crippen molar-refractivity contribution in [2.24, 2.45) is 0 Å². The van der Waals surface area contributed by atoms with Crippen molar-refractivity contribution in [2.45, 2.75) is 6.42 Å². The number of rotatable bonds is 8. The molecule has 0 spiro atoms. The molecule has 0 unspecified atom stereocenters. The highest BCUT2D eigenvalue weighted by molar-refractivity contribution is 6.31. The zero-order chi connectivity index (χ0) is 17.4. The Kier molecular flexibility index (Phi) is 6.77. The van der Waals surface area contributed by atoms with Gasteiger partial charge in [0, 0.05) is 31.4 Å². The fourth-order valence-electron chi connectivity index (χ4n) is 1.97. The number of benzene rings is 1. The van der Waals surface area contributed by atoms with Gasteiger partial charge < -0.3 is 20.1 Å². The Morgan fingerprint density at radius 3 is 2.83 bits per heavy atom. The molecule has 0 fully saturated rings. The summed E-state index contributed by atoms with van der Waals surface area (Å²) in [6.07, 6.45) is 2.06. The zero-order valence-corrected chi connectivity index (χ0v) is 14.3. The van der Waals surface area contributed by atoms with Gasteiger partial charge in [0.1, 0.15) is 23.6 Å². The van der Waals surface area contributed by atoms with Gasteiger partial charge in [-0.05, 0) is 24.6 Å². The summed E-state index contributed by atoms with van der Waals surface area (Å²) < 4.78 is 10.2. The van der Waals surface area contributed by atoms with Crippen LogP contribution < -0.4 is 15.4 Å². The second-order valence-electron chi connectivity index (χ2n) is 4.86. The molecule has 7 nitrogen and oxygen atoms in total. The molecule has 1 heterocycles. The summed E-state index contributed by atoms with van der Waals surface area (Å²) in [6.45, 7) is 1.10. The predicted octanol–water partition coefficient (Wildman–Crippen LogP) is 2.65. The van der Waals surface area contributed by atoms with Crippen molar-refractivity contribution in [3.8, 4) is 5.75 Å². The number of carbonyl (C=O) groups is 1. The number of ether oxygens (including phenoxy) is 2. The average molecular weight is 351 g/mol. The van der Waals surface area contributed by atoms with Crippen LogP contribution in [-0.2, 0) is 4.74 Å². The summed E-state index contributed by atoms with van der Waals surface area (Å²) in [5, 5.41) is 6.41. The molecule has 0 atom stereocenters. The van der Waals surface area contributed by atoms with Gasteiger partial charge in [0.25, 0.3) is 5.91 Å². The van der Waals surface area contributed by atoms with E-state index in [1.54, 1.807) is 38.5 Å². The van der Waals surface area contributed by atoms with Crippen LogP contribution >= 0.6 is 11.6 Å². The molecular weight excluding hydrogens is 332 g/mol. The van der Waals surface area contributed by atoms with Crippen molar-refractivity contribution in [1.82, 2.24) is 15.3 Å². The number of methoxy groups -OCH3 is 2. The first-order valence-corrected chi connectivity index (χ1v) is 7.71. The topological polar surface area (TPSA) is 85.4 Å². The maximum atomic E-state index is 12.1. The Morgan fingerprint density at radius 2 is 2.08 bits per heavy atom. The molecule has 0 saturated carbocycles. The molecule has 0 saturated heterocycles. The van der Waals surface area contributed by atoms with Crippen LogP contribution in [0.25, 0.3) is 0 Å². The Balaban J connectivity index is 2.07. The molecule has 0 aliphatic carbocycles. The van der Waals surface area contributed by atoms with E-state index in [9.17, 15) is 4.79 Å². The van der Waals surface area contributed by atoms with E-state index in [2.05, 4.69) is 20.6 Å². The lowest BCUT2D eigenvalue weighted by atomic mass is 10.3. The van der Waals surface area contributed by atoms with Crippen LogP contribution in [0.4, 0.5) is 11.5 Å². The van der Waals surface area contributed by atoms with E-state index >= 15 is 0 Å². The number of hydrogen-bond acceptors (Lipinski definition) is 6. The quantitative estimate of drug-likeness (QED) is 0.712. The standard InChI is InChI=1S/C16H19ClN4O3/c1-23-7-3-6-18-16(22)13-9-15(20-10-19-13)21-12-8-11(17)4-5-14(12)24-2/h4-5,8-10H,3,6-7H2,1-2H3,(H,18,22)(H,19,20,21). The second kappa shape index (κ2) is 9.05. The first-order valence-electron chi connectivity index (χ1n) is 7.33. The van der Waals surface area contributed by atoms with Gasteiger partial charge in [0.05, 0.1) is 12.8 Å². The highest BCUT2D eigenvalue weighted by atomic mass is 35.5. The number of amides is 1. The number of nitrogens with one attached hydrogen (secondary N) is 2. The van der Waals surface area contributed by atoms with E-state index in [0.717, 1.165) is 6.42 Å². The minimum atomic E-state index is -0.269. The van der Waals surface area contributed by atoms with E-state index in [1.807, 2.05) is 0 Å². The van der Waals surface area contributed by atoms with Crippen molar-refractivity contribution >= 4 is 29.0 Å². The molecule has 0 aliphatic rings. The third-order valence-electron chi connectivity index (χ3n) is 3.13. The molecule has 8 heteroatoms. The molecule has 0 aliphatic heterocycles. The van der Waals surface area contributed by atoms with E-state index in [0.29, 0.717) is 35.4 Å². The van der Waals surface area contributed by atoms with Crippen molar-refractivity contribution in [1.29, 1.82) is 0 Å². The highest BCUT2D eigenvalue weighted by Crippen LogP contribution is 2.29. The van der Waals surface area contributed by atoms with Crippen LogP contribution in [0.15, 0.2) is 30.6 Å². The van der Waals surface area contributed by atoms with Gasteiger partial charge in [-0.15, -0.1) is 0 Å². The van der Waals surface area contributed by atoms with Crippen LogP contribution in [0, 0.1) is 0 Å². The molecule has 0 bridgehead atoms. The summed E-state index contributed by atoms with van der Waals surface area (Å²) in [4.78, 5) is 20.2. The number of hydrogen-bond donors (Lipinski definition) is 2. The summed E-state index contributed by atoms with van der Waals surface area (Å²) >= 11 is 6.00. The van der Waals surface area contributed by atoms with Crippen LogP contribution in [0.3, 0.4) is 0 Å². The smallest absolute Gasteiger partial charge is 0.270 e. The van der Waals surface area contributed by atoms with Crippen LogP contribution in [-0.4, -0.2) is 43.2 Å². The van der Waals surface area contributed by atoms with E-state index in [1.165, 1.54) is 6.33 Å². The number of carbonyl (C=O) groups excluding carboxylic acids is 1. The SMILES string of the molecule is COCCCNC(=O)c1cc(Nc2cc(Cl)ccc2OC)ncn1. The third kappa shape index (κ3) is 5.07. The summed E-state index contributed by atoms with van der Waals surface area (Å²) in [7, 11) is 3.18. The van der Waals surface area contributed by atoms with Crippen molar-refractivity contribution in [2.75, 3.05) is 32.7 Å².